The van der Waals surface area contributed by atoms with Crippen LogP contribution in [0.2, 0.25) is 0 Å². The summed E-state index contributed by atoms with van der Waals surface area (Å²) < 4.78 is 34.4. The number of carbonyl (C=O) groups is 1. The fourth-order valence-corrected chi connectivity index (χ4v) is 6.59. The second-order valence-electron chi connectivity index (χ2n) is 7.14. The lowest BCUT2D eigenvalue weighted by atomic mass is 10.1. The zero-order chi connectivity index (χ0) is 19.7. The molecule has 3 heterocycles. The molecule has 1 aromatic heterocycles. The molecule has 1 saturated heterocycles. The van der Waals surface area contributed by atoms with E-state index in [2.05, 4.69) is 0 Å². The van der Waals surface area contributed by atoms with Gasteiger partial charge in [0.25, 0.3) is 0 Å². The van der Waals surface area contributed by atoms with Gasteiger partial charge in [0.05, 0.1) is 23.2 Å². The minimum Gasteiger partial charge on any atom is -0.489 e. The van der Waals surface area contributed by atoms with Crippen molar-refractivity contribution in [2.75, 3.05) is 24.6 Å². The lowest BCUT2D eigenvalue weighted by Gasteiger charge is -2.31. The van der Waals surface area contributed by atoms with Crippen LogP contribution in [0.1, 0.15) is 43.5 Å². The van der Waals surface area contributed by atoms with Crippen LogP contribution in [0.15, 0.2) is 40.6 Å². The largest absolute Gasteiger partial charge is 0.489 e. The van der Waals surface area contributed by atoms with E-state index in [1.165, 1.54) is 6.92 Å². The smallest absolute Gasteiger partial charge is 0.243 e. The number of carbonyl (C=O) groups excluding carboxylic acids is 1. The molecule has 0 radical (unpaired) electrons. The van der Waals surface area contributed by atoms with Crippen molar-refractivity contribution in [3.63, 3.8) is 0 Å². The number of hydrogen-bond acceptors (Lipinski definition) is 5. The number of anilines is 1. The summed E-state index contributed by atoms with van der Waals surface area (Å²) in [5.74, 6) is 0.371. The summed E-state index contributed by atoms with van der Waals surface area (Å²) in [7, 11) is -3.68. The molecule has 0 saturated carbocycles. The molecule has 1 amide bonds. The number of nitrogens with zero attached hydrogens (tertiary/aromatic N) is 2. The Labute approximate surface area is 169 Å². The number of benzene rings is 1. The SMILES string of the molecule is CC(=O)N1CCOc2cc(S(=O)(=O)N3CCCCC[C@H]3c3cccs3)ccc21. The molecule has 8 heteroatoms. The molecule has 0 N–H and O–H groups in total. The molecule has 0 unspecified atom stereocenters. The Morgan fingerprint density at radius 2 is 2.04 bits per heavy atom. The zero-order valence-corrected chi connectivity index (χ0v) is 17.5. The van der Waals surface area contributed by atoms with Crippen LogP contribution in [0.25, 0.3) is 0 Å². The minimum absolute atomic E-state index is 0.0783. The van der Waals surface area contributed by atoms with Crippen LogP contribution in [-0.4, -0.2) is 38.3 Å². The monoisotopic (exact) mass is 420 g/mol. The van der Waals surface area contributed by atoms with Gasteiger partial charge in [-0.3, -0.25) is 4.79 Å². The Hall–Kier alpha value is -1.90. The molecule has 0 bridgehead atoms. The molecule has 4 rings (SSSR count). The quantitative estimate of drug-likeness (QED) is 0.758. The number of thiophene rings is 1. The maximum absolute atomic E-state index is 13.5. The molecular weight excluding hydrogens is 396 g/mol. The van der Waals surface area contributed by atoms with Crippen LogP contribution in [0.4, 0.5) is 5.69 Å². The average Bonchev–Trinajstić information content (AvgIpc) is 3.10. The Bertz CT molecular complexity index is 957. The lowest BCUT2D eigenvalue weighted by Crippen LogP contribution is -2.37. The van der Waals surface area contributed by atoms with Crippen LogP contribution in [-0.2, 0) is 14.8 Å². The third-order valence-corrected chi connectivity index (χ3v) is 8.23. The highest BCUT2D eigenvalue weighted by atomic mass is 32.2. The molecule has 0 spiro atoms. The van der Waals surface area contributed by atoms with E-state index < -0.39 is 10.0 Å². The first-order chi connectivity index (χ1) is 13.5. The number of fused-ring (bicyclic) bond motifs is 1. The van der Waals surface area contributed by atoms with Crippen molar-refractivity contribution in [1.29, 1.82) is 0 Å². The third-order valence-electron chi connectivity index (χ3n) is 5.36. The van der Waals surface area contributed by atoms with Crippen LogP contribution in [0, 0.1) is 0 Å². The summed E-state index contributed by atoms with van der Waals surface area (Å²) in [6, 6.07) is 8.70. The summed E-state index contributed by atoms with van der Waals surface area (Å²) in [5.41, 5.74) is 0.628. The van der Waals surface area contributed by atoms with E-state index in [9.17, 15) is 13.2 Å². The van der Waals surface area contributed by atoms with Gasteiger partial charge in [-0.05, 0) is 36.4 Å². The number of rotatable bonds is 3. The van der Waals surface area contributed by atoms with Gasteiger partial charge in [0.2, 0.25) is 15.9 Å². The van der Waals surface area contributed by atoms with Gasteiger partial charge in [-0.25, -0.2) is 8.42 Å². The highest BCUT2D eigenvalue weighted by Gasteiger charge is 2.35. The predicted molar refractivity (Wildman–Crippen MR) is 109 cm³/mol. The summed E-state index contributed by atoms with van der Waals surface area (Å²) in [6.07, 6.45) is 3.75. The highest BCUT2D eigenvalue weighted by Crippen LogP contribution is 2.39. The Morgan fingerprint density at radius 3 is 2.79 bits per heavy atom. The lowest BCUT2D eigenvalue weighted by molar-refractivity contribution is -0.116. The van der Waals surface area contributed by atoms with E-state index in [4.69, 9.17) is 4.74 Å². The molecule has 150 valence electrons. The van der Waals surface area contributed by atoms with Crippen LogP contribution in [0.5, 0.6) is 5.75 Å². The van der Waals surface area contributed by atoms with E-state index in [0.29, 0.717) is 31.1 Å². The van der Waals surface area contributed by atoms with Crippen LogP contribution < -0.4 is 9.64 Å². The number of amides is 1. The average molecular weight is 421 g/mol. The van der Waals surface area contributed by atoms with Crippen molar-refractivity contribution >= 4 is 33.0 Å². The first-order valence-corrected chi connectivity index (χ1v) is 11.9. The fraction of sp³-hybridized carbons (Fsp3) is 0.450. The Balaban J connectivity index is 1.72. The second kappa shape index (κ2) is 7.85. The van der Waals surface area contributed by atoms with E-state index in [1.807, 2.05) is 17.5 Å². The second-order valence-corrected chi connectivity index (χ2v) is 10.0. The van der Waals surface area contributed by atoms with Crippen molar-refractivity contribution in [2.24, 2.45) is 0 Å². The summed E-state index contributed by atoms with van der Waals surface area (Å²) in [5, 5.41) is 1.99. The van der Waals surface area contributed by atoms with Crippen molar-refractivity contribution in [2.45, 2.75) is 43.5 Å². The number of ether oxygens (including phenoxy) is 1. The first-order valence-electron chi connectivity index (χ1n) is 9.58. The number of sulfonamides is 1. The van der Waals surface area contributed by atoms with Gasteiger partial charge in [-0.2, -0.15) is 4.31 Å². The fourth-order valence-electron chi connectivity index (χ4n) is 3.96. The number of hydrogen-bond donors (Lipinski definition) is 0. The topological polar surface area (TPSA) is 66.9 Å². The molecule has 2 aliphatic heterocycles. The molecule has 2 aliphatic rings. The van der Waals surface area contributed by atoms with Crippen molar-refractivity contribution in [3.05, 3.63) is 40.6 Å². The van der Waals surface area contributed by atoms with Crippen molar-refractivity contribution < 1.29 is 17.9 Å². The van der Waals surface area contributed by atoms with E-state index in [-0.39, 0.29) is 16.8 Å². The molecular formula is C20H24N2O4S2. The maximum Gasteiger partial charge on any atom is 0.243 e. The standard InChI is InChI=1S/C20H24N2O4S2/c1-15(23)21-11-12-26-19-14-16(8-9-17(19)21)28(24,25)22-10-4-2-3-6-18(22)20-7-5-13-27-20/h5,7-9,13-14,18H,2-4,6,10-12H2,1H3/t18-/m0/s1. The normalized spacial score (nSPS) is 20.9. The van der Waals surface area contributed by atoms with Gasteiger partial charge >= 0.3 is 0 Å². The summed E-state index contributed by atoms with van der Waals surface area (Å²) in [4.78, 5) is 14.8. The minimum atomic E-state index is -3.68. The van der Waals surface area contributed by atoms with Gasteiger partial charge in [0.15, 0.2) is 0 Å². The molecule has 1 atom stereocenters. The van der Waals surface area contributed by atoms with Gasteiger partial charge in [0, 0.05) is 24.4 Å². The molecule has 2 aromatic rings. The predicted octanol–water partition coefficient (Wildman–Crippen LogP) is 3.80. The van der Waals surface area contributed by atoms with Gasteiger partial charge in [-0.15, -0.1) is 11.3 Å². The third kappa shape index (κ3) is 3.56. The zero-order valence-electron chi connectivity index (χ0n) is 15.8. The Morgan fingerprint density at radius 1 is 1.18 bits per heavy atom. The van der Waals surface area contributed by atoms with Gasteiger partial charge in [-0.1, -0.05) is 18.9 Å². The molecule has 28 heavy (non-hydrogen) atoms. The molecule has 1 aromatic carbocycles. The molecule has 0 aliphatic carbocycles. The van der Waals surface area contributed by atoms with E-state index in [1.54, 1.807) is 38.7 Å². The van der Waals surface area contributed by atoms with E-state index in [0.717, 1.165) is 30.6 Å². The van der Waals surface area contributed by atoms with Crippen LogP contribution in [0.3, 0.4) is 0 Å². The molecule has 6 nitrogen and oxygen atoms in total. The summed E-state index contributed by atoms with van der Waals surface area (Å²) >= 11 is 1.61. The van der Waals surface area contributed by atoms with Crippen LogP contribution >= 0.6 is 11.3 Å². The van der Waals surface area contributed by atoms with E-state index >= 15 is 0 Å². The highest BCUT2D eigenvalue weighted by molar-refractivity contribution is 7.89. The molecule has 1 fully saturated rings. The van der Waals surface area contributed by atoms with Gasteiger partial charge < -0.3 is 9.64 Å². The Kier molecular flexibility index (Phi) is 5.44. The summed E-state index contributed by atoms with van der Waals surface area (Å²) in [6.45, 7) is 2.85. The van der Waals surface area contributed by atoms with Crippen molar-refractivity contribution in [1.82, 2.24) is 4.31 Å². The first kappa shape index (κ1) is 19.4. The van der Waals surface area contributed by atoms with Crippen molar-refractivity contribution in [3.8, 4) is 5.75 Å². The maximum atomic E-state index is 13.5. The van der Waals surface area contributed by atoms with Gasteiger partial charge in [0.1, 0.15) is 12.4 Å².